The van der Waals surface area contributed by atoms with Gasteiger partial charge in [0.2, 0.25) is 0 Å². The number of carbonyl (C=O) groups excluding carboxylic acids is 2. The zero-order chi connectivity index (χ0) is 19.6. The molecule has 1 N–H and O–H groups in total. The van der Waals surface area contributed by atoms with Crippen molar-refractivity contribution in [1.82, 2.24) is 0 Å². The summed E-state index contributed by atoms with van der Waals surface area (Å²) in [5, 5.41) is 2.71. The van der Waals surface area contributed by atoms with Gasteiger partial charge in [-0.15, -0.1) is 0 Å². The predicted molar refractivity (Wildman–Crippen MR) is 108 cm³/mol. The molecule has 3 aromatic carbocycles. The van der Waals surface area contributed by atoms with E-state index in [0.29, 0.717) is 11.4 Å². The molecule has 0 radical (unpaired) electrons. The highest BCUT2D eigenvalue weighted by atomic mass is 16.5. The maximum atomic E-state index is 11.9. The summed E-state index contributed by atoms with van der Waals surface area (Å²) < 4.78 is 10.4. The van der Waals surface area contributed by atoms with Crippen LogP contribution in [0.5, 0.6) is 5.75 Å². The molecule has 0 heterocycles. The molecule has 0 saturated heterocycles. The van der Waals surface area contributed by atoms with Crippen molar-refractivity contribution in [3.05, 3.63) is 84.9 Å². The van der Waals surface area contributed by atoms with Crippen molar-refractivity contribution in [2.45, 2.75) is 6.42 Å². The molecule has 0 spiro atoms. The van der Waals surface area contributed by atoms with E-state index in [1.54, 1.807) is 0 Å². The fourth-order valence-corrected chi connectivity index (χ4v) is 2.56. The van der Waals surface area contributed by atoms with Crippen molar-refractivity contribution in [2.24, 2.45) is 0 Å². The van der Waals surface area contributed by atoms with Gasteiger partial charge >= 0.3 is 5.97 Å². The van der Waals surface area contributed by atoms with Crippen LogP contribution in [0.3, 0.4) is 0 Å². The van der Waals surface area contributed by atoms with Gasteiger partial charge in [0.1, 0.15) is 5.75 Å². The first-order valence-electron chi connectivity index (χ1n) is 8.99. The van der Waals surface area contributed by atoms with Gasteiger partial charge in [-0.3, -0.25) is 9.59 Å². The Labute approximate surface area is 163 Å². The number of benzene rings is 3. The van der Waals surface area contributed by atoms with E-state index in [2.05, 4.69) is 5.32 Å². The quantitative estimate of drug-likeness (QED) is 0.596. The van der Waals surface area contributed by atoms with Gasteiger partial charge in [-0.1, -0.05) is 60.7 Å². The molecular weight excluding hydrogens is 354 g/mol. The lowest BCUT2D eigenvalue weighted by Crippen LogP contribution is -2.21. The van der Waals surface area contributed by atoms with E-state index >= 15 is 0 Å². The molecule has 0 aliphatic heterocycles. The van der Waals surface area contributed by atoms with E-state index in [4.69, 9.17) is 9.47 Å². The molecule has 0 aromatic heterocycles. The van der Waals surface area contributed by atoms with Crippen molar-refractivity contribution in [3.8, 4) is 16.9 Å². The Hall–Kier alpha value is -3.60. The van der Waals surface area contributed by atoms with Gasteiger partial charge in [0.15, 0.2) is 6.61 Å². The zero-order valence-corrected chi connectivity index (χ0v) is 15.3. The summed E-state index contributed by atoms with van der Waals surface area (Å²) in [6.45, 7) is -0.129. The van der Waals surface area contributed by atoms with E-state index < -0.39 is 5.97 Å². The normalized spacial score (nSPS) is 10.1. The molecule has 142 valence electrons. The van der Waals surface area contributed by atoms with Crippen molar-refractivity contribution >= 4 is 17.6 Å². The molecule has 0 atom stereocenters. The number of hydrogen-bond acceptors (Lipinski definition) is 4. The smallest absolute Gasteiger partial charge is 0.309 e. The molecule has 28 heavy (non-hydrogen) atoms. The van der Waals surface area contributed by atoms with Gasteiger partial charge in [-0.2, -0.15) is 0 Å². The van der Waals surface area contributed by atoms with E-state index in [0.717, 1.165) is 11.1 Å². The summed E-state index contributed by atoms with van der Waals surface area (Å²) in [5.41, 5.74) is 2.81. The molecular formula is C23H21NO4. The van der Waals surface area contributed by atoms with Crippen molar-refractivity contribution < 1.29 is 19.1 Å². The van der Waals surface area contributed by atoms with E-state index in [1.807, 2.05) is 84.9 Å². The lowest BCUT2D eigenvalue weighted by molar-refractivity contribution is -0.147. The third-order valence-electron chi connectivity index (χ3n) is 3.96. The van der Waals surface area contributed by atoms with Crippen LogP contribution in [0.2, 0.25) is 0 Å². The highest BCUT2D eigenvalue weighted by molar-refractivity contribution is 5.93. The van der Waals surface area contributed by atoms with E-state index in [9.17, 15) is 9.59 Å². The highest BCUT2D eigenvalue weighted by Crippen LogP contribution is 2.20. The number of carbonyl (C=O) groups is 2. The number of ether oxygens (including phenoxy) is 2. The first kappa shape index (κ1) is 19.2. The standard InChI is InChI=1S/C23H21NO4/c25-22(17-28-23(26)15-16-27-21-9-5-2-6-10-21)24-20-13-11-19(12-14-20)18-7-3-1-4-8-18/h1-14H,15-17H2,(H,24,25). The number of para-hydroxylation sites is 1. The average molecular weight is 375 g/mol. The first-order chi connectivity index (χ1) is 13.7. The van der Waals surface area contributed by atoms with Crippen molar-refractivity contribution in [3.63, 3.8) is 0 Å². The molecule has 0 bridgehead atoms. The van der Waals surface area contributed by atoms with Gasteiger partial charge in [-0.25, -0.2) is 0 Å². The van der Waals surface area contributed by atoms with Crippen LogP contribution in [-0.4, -0.2) is 25.1 Å². The van der Waals surface area contributed by atoms with Crippen LogP contribution in [0.25, 0.3) is 11.1 Å². The van der Waals surface area contributed by atoms with Crippen LogP contribution in [0.4, 0.5) is 5.69 Å². The highest BCUT2D eigenvalue weighted by Gasteiger charge is 2.08. The third kappa shape index (κ3) is 5.99. The molecule has 0 saturated carbocycles. The minimum atomic E-state index is -0.481. The number of esters is 1. The number of amides is 1. The molecule has 5 heteroatoms. The predicted octanol–water partition coefficient (Wildman–Crippen LogP) is 4.30. The topological polar surface area (TPSA) is 64.6 Å². The second-order valence-corrected chi connectivity index (χ2v) is 6.06. The number of hydrogen-bond donors (Lipinski definition) is 1. The maximum Gasteiger partial charge on any atom is 0.309 e. The molecule has 3 aromatic rings. The van der Waals surface area contributed by atoms with Crippen LogP contribution in [-0.2, 0) is 14.3 Å². The summed E-state index contributed by atoms with van der Waals surface area (Å²) in [6.07, 6.45) is 0.0773. The Morgan fingerprint density at radius 2 is 1.36 bits per heavy atom. The number of nitrogens with one attached hydrogen (secondary N) is 1. The minimum absolute atomic E-state index is 0.0773. The van der Waals surface area contributed by atoms with Crippen LogP contribution in [0.15, 0.2) is 84.9 Å². The van der Waals surface area contributed by atoms with Gasteiger partial charge in [0.25, 0.3) is 5.91 Å². The Balaban J connectivity index is 1.38. The Bertz CT molecular complexity index is 893. The maximum absolute atomic E-state index is 11.9. The average Bonchev–Trinajstić information content (AvgIpc) is 2.74. The van der Waals surface area contributed by atoms with Gasteiger partial charge in [0, 0.05) is 5.69 Å². The third-order valence-corrected chi connectivity index (χ3v) is 3.96. The molecule has 0 aliphatic rings. The first-order valence-corrected chi connectivity index (χ1v) is 8.99. The number of anilines is 1. The zero-order valence-electron chi connectivity index (χ0n) is 15.3. The van der Waals surface area contributed by atoms with Crippen molar-refractivity contribution in [1.29, 1.82) is 0 Å². The van der Waals surface area contributed by atoms with E-state index in [-0.39, 0.29) is 25.5 Å². The molecule has 0 unspecified atom stereocenters. The number of rotatable bonds is 8. The Morgan fingerprint density at radius 1 is 0.750 bits per heavy atom. The Morgan fingerprint density at radius 3 is 2.04 bits per heavy atom. The van der Waals surface area contributed by atoms with Gasteiger partial charge in [-0.05, 0) is 35.4 Å². The second kappa shape index (κ2) is 9.92. The lowest BCUT2D eigenvalue weighted by atomic mass is 10.1. The molecule has 0 aliphatic carbocycles. The minimum Gasteiger partial charge on any atom is -0.493 e. The second-order valence-electron chi connectivity index (χ2n) is 6.06. The summed E-state index contributed by atoms with van der Waals surface area (Å²) in [7, 11) is 0. The summed E-state index contributed by atoms with van der Waals surface area (Å²) in [6, 6.07) is 26.7. The van der Waals surface area contributed by atoms with Crippen LogP contribution >= 0.6 is 0 Å². The van der Waals surface area contributed by atoms with Gasteiger partial charge < -0.3 is 14.8 Å². The fraction of sp³-hybridized carbons (Fsp3) is 0.130. The van der Waals surface area contributed by atoms with Crippen LogP contribution in [0.1, 0.15) is 6.42 Å². The fourth-order valence-electron chi connectivity index (χ4n) is 2.56. The molecule has 0 fully saturated rings. The summed E-state index contributed by atoms with van der Waals surface area (Å²) in [5.74, 6) is -0.178. The lowest BCUT2D eigenvalue weighted by Gasteiger charge is -2.08. The van der Waals surface area contributed by atoms with E-state index in [1.165, 1.54) is 0 Å². The largest absolute Gasteiger partial charge is 0.493 e. The molecule has 3 rings (SSSR count). The summed E-state index contributed by atoms with van der Waals surface area (Å²) in [4.78, 5) is 23.7. The summed E-state index contributed by atoms with van der Waals surface area (Å²) >= 11 is 0. The van der Waals surface area contributed by atoms with Crippen LogP contribution < -0.4 is 10.1 Å². The monoisotopic (exact) mass is 375 g/mol. The molecule has 1 amide bonds. The van der Waals surface area contributed by atoms with Gasteiger partial charge in [0.05, 0.1) is 13.0 Å². The van der Waals surface area contributed by atoms with Crippen LogP contribution in [0, 0.1) is 0 Å². The van der Waals surface area contributed by atoms with Crippen molar-refractivity contribution in [2.75, 3.05) is 18.5 Å². The Kier molecular flexibility index (Phi) is 6.79. The SMILES string of the molecule is O=C(COC(=O)CCOc1ccccc1)Nc1ccc(-c2ccccc2)cc1. The molecule has 5 nitrogen and oxygen atoms in total.